The SMILES string of the molecule is CCNC(=NCc1ccc(-n2cncn2)cc1)NCC(c1ccco1)N1CCCC1.I. The van der Waals surface area contributed by atoms with E-state index in [1.807, 2.05) is 18.2 Å². The van der Waals surface area contributed by atoms with Crippen LogP contribution in [0.1, 0.15) is 37.1 Å². The lowest BCUT2D eigenvalue weighted by molar-refractivity contribution is 0.215. The summed E-state index contributed by atoms with van der Waals surface area (Å²) in [5.41, 5.74) is 2.12. The van der Waals surface area contributed by atoms with E-state index in [2.05, 4.69) is 50.7 Å². The first-order chi connectivity index (χ1) is 14.8. The zero-order chi connectivity index (χ0) is 20.6. The Hall–Kier alpha value is -2.40. The van der Waals surface area contributed by atoms with Crippen LogP contribution in [-0.2, 0) is 6.54 Å². The van der Waals surface area contributed by atoms with Crippen molar-refractivity contribution in [3.05, 3.63) is 66.6 Å². The Morgan fingerprint density at radius 1 is 1.16 bits per heavy atom. The van der Waals surface area contributed by atoms with Gasteiger partial charge in [0.1, 0.15) is 18.4 Å². The lowest BCUT2D eigenvalue weighted by Gasteiger charge is -2.26. The van der Waals surface area contributed by atoms with Gasteiger partial charge in [-0.3, -0.25) is 4.90 Å². The fourth-order valence-electron chi connectivity index (χ4n) is 3.74. The molecule has 0 saturated carbocycles. The molecule has 1 unspecified atom stereocenters. The smallest absolute Gasteiger partial charge is 0.191 e. The number of halogens is 1. The molecule has 4 rings (SSSR count). The number of likely N-dealkylation sites (tertiary alicyclic amines) is 1. The van der Waals surface area contributed by atoms with E-state index >= 15 is 0 Å². The second-order valence-electron chi connectivity index (χ2n) is 7.36. The molecule has 1 fully saturated rings. The Balaban J connectivity index is 0.00000272. The van der Waals surface area contributed by atoms with Crippen LogP contribution < -0.4 is 10.6 Å². The van der Waals surface area contributed by atoms with Crippen LogP contribution in [-0.4, -0.2) is 51.8 Å². The molecular weight excluding hydrogens is 505 g/mol. The van der Waals surface area contributed by atoms with Crippen LogP contribution in [0.4, 0.5) is 0 Å². The summed E-state index contributed by atoms with van der Waals surface area (Å²) in [4.78, 5) is 11.2. The van der Waals surface area contributed by atoms with Gasteiger partial charge in [-0.1, -0.05) is 12.1 Å². The van der Waals surface area contributed by atoms with Crippen LogP contribution in [0.5, 0.6) is 0 Å². The van der Waals surface area contributed by atoms with E-state index in [9.17, 15) is 0 Å². The van der Waals surface area contributed by atoms with E-state index in [4.69, 9.17) is 9.41 Å². The van der Waals surface area contributed by atoms with Gasteiger partial charge in [0.05, 0.1) is 24.5 Å². The molecule has 0 amide bonds. The van der Waals surface area contributed by atoms with Crippen LogP contribution >= 0.6 is 24.0 Å². The number of benzene rings is 1. The van der Waals surface area contributed by atoms with Gasteiger partial charge in [0.25, 0.3) is 0 Å². The number of hydrogen-bond donors (Lipinski definition) is 2. The van der Waals surface area contributed by atoms with Crippen LogP contribution in [0.25, 0.3) is 5.69 Å². The molecule has 1 saturated heterocycles. The average Bonchev–Trinajstić information content (AvgIpc) is 3.56. The summed E-state index contributed by atoms with van der Waals surface area (Å²) in [6.45, 7) is 6.46. The van der Waals surface area contributed by atoms with Gasteiger partial charge in [-0.2, -0.15) is 5.10 Å². The van der Waals surface area contributed by atoms with Crippen LogP contribution in [0.15, 0.2) is 64.7 Å². The van der Waals surface area contributed by atoms with Gasteiger partial charge in [-0.25, -0.2) is 14.7 Å². The lowest BCUT2D eigenvalue weighted by atomic mass is 10.2. The van der Waals surface area contributed by atoms with E-state index in [1.54, 1.807) is 17.3 Å². The number of hydrogen-bond acceptors (Lipinski definition) is 5. The number of nitrogens with zero attached hydrogens (tertiary/aromatic N) is 5. The van der Waals surface area contributed by atoms with Crippen molar-refractivity contribution in [3.63, 3.8) is 0 Å². The summed E-state index contributed by atoms with van der Waals surface area (Å²) < 4.78 is 7.46. The van der Waals surface area contributed by atoms with Gasteiger partial charge < -0.3 is 15.1 Å². The molecule has 9 heteroatoms. The van der Waals surface area contributed by atoms with E-state index in [0.29, 0.717) is 6.54 Å². The third-order valence-corrected chi connectivity index (χ3v) is 5.30. The standard InChI is InChI=1S/C22H29N7O.HI/c1-2-24-22(25-14-18-7-9-19(10-8-18)29-17-23-16-27-29)26-15-20(21-6-5-13-30-21)28-11-3-4-12-28;/h5-10,13,16-17,20H,2-4,11-12,14-15H2,1H3,(H2,24,25,26);1H. The number of rotatable bonds is 8. The summed E-state index contributed by atoms with van der Waals surface area (Å²) in [6, 6.07) is 12.4. The fraction of sp³-hybridized carbons (Fsp3) is 0.409. The van der Waals surface area contributed by atoms with Gasteiger partial charge >= 0.3 is 0 Å². The molecule has 0 spiro atoms. The third kappa shape index (κ3) is 6.30. The van der Waals surface area contributed by atoms with Crippen molar-refractivity contribution in [1.82, 2.24) is 30.3 Å². The Kier molecular flexibility index (Phi) is 8.89. The molecule has 2 N–H and O–H groups in total. The number of aliphatic imine (C=N–C) groups is 1. The molecule has 0 aliphatic carbocycles. The molecular formula is C22H30IN7O. The molecule has 0 bridgehead atoms. The molecule has 2 aromatic heterocycles. The lowest BCUT2D eigenvalue weighted by Crippen LogP contribution is -2.42. The molecule has 0 radical (unpaired) electrons. The summed E-state index contributed by atoms with van der Waals surface area (Å²) in [6.07, 6.45) is 7.47. The number of guanidine groups is 1. The van der Waals surface area contributed by atoms with E-state index < -0.39 is 0 Å². The summed E-state index contributed by atoms with van der Waals surface area (Å²) >= 11 is 0. The van der Waals surface area contributed by atoms with Crippen molar-refractivity contribution in [2.45, 2.75) is 32.4 Å². The molecule has 3 aromatic rings. The molecule has 31 heavy (non-hydrogen) atoms. The number of nitrogens with one attached hydrogen (secondary N) is 2. The third-order valence-electron chi connectivity index (χ3n) is 5.30. The zero-order valence-electron chi connectivity index (χ0n) is 17.8. The second-order valence-corrected chi connectivity index (χ2v) is 7.36. The maximum atomic E-state index is 5.72. The average molecular weight is 535 g/mol. The molecule has 1 aromatic carbocycles. The summed E-state index contributed by atoms with van der Waals surface area (Å²) in [5, 5.41) is 11.0. The maximum absolute atomic E-state index is 5.72. The molecule has 1 atom stereocenters. The minimum atomic E-state index is 0. The molecule has 3 heterocycles. The first kappa shape index (κ1) is 23.3. The Morgan fingerprint density at radius 2 is 1.97 bits per heavy atom. The predicted molar refractivity (Wildman–Crippen MR) is 132 cm³/mol. The first-order valence-electron chi connectivity index (χ1n) is 10.6. The van der Waals surface area contributed by atoms with Gasteiger partial charge in [0, 0.05) is 13.1 Å². The van der Waals surface area contributed by atoms with Crippen molar-refractivity contribution in [2.75, 3.05) is 26.2 Å². The van der Waals surface area contributed by atoms with Crippen molar-refractivity contribution < 1.29 is 4.42 Å². The quantitative estimate of drug-likeness (QED) is 0.262. The number of aromatic nitrogens is 3. The van der Waals surface area contributed by atoms with Crippen molar-refractivity contribution in [1.29, 1.82) is 0 Å². The topological polar surface area (TPSA) is 83.5 Å². The highest BCUT2D eigenvalue weighted by Gasteiger charge is 2.25. The van der Waals surface area contributed by atoms with E-state index in [-0.39, 0.29) is 30.0 Å². The first-order valence-corrected chi connectivity index (χ1v) is 10.6. The molecule has 166 valence electrons. The minimum absolute atomic E-state index is 0. The Labute approximate surface area is 200 Å². The van der Waals surface area contributed by atoms with Crippen LogP contribution in [0.2, 0.25) is 0 Å². The molecule has 1 aliphatic heterocycles. The fourth-order valence-corrected chi connectivity index (χ4v) is 3.74. The van der Waals surface area contributed by atoms with Crippen LogP contribution in [0.3, 0.4) is 0 Å². The number of furan rings is 1. The van der Waals surface area contributed by atoms with Gasteiger partial charge in [-0.15, -0.1) is 24.0 Å². The minimum Gasteiger partial charge on any atom is -0.468 e. The zero-order valence-corrected chi connectivity index (χ0v) is 20.1. The van der Waals surface area contributed by atoms with E-state index in [0.717, 1.165) is 49.1 Å². The summed E-state index contributed by atoms with van der Waals surface area (Å²) in [7, 11) is 0. The van der Waals surface area contributed by atoms with Gasteiger partial charge in [0.2, 0.25) is 0 Å². The van der Waals surface area contributed by atoms with Crippen molar-refractivity contribution >= 4 is 29.9 Å². The van der Waals surface area contributed by atoms with E-state index in [1.165, 1.54) is 19.2 Å². The highest BCUT2D eigenvalue weighted by molar-refractivity contribution is 14.0. The van der Waals surface area contributed by atoms with Crippen LogP contribution in [0, 0.1) is 0 Å². The van der Waals surface area contributed by atoms with Gasteiger partial charge in [0.15, 0.2) is 5.96 Å². The Bertz CT molecular complexity index is 904. The molecule has 8 nitrogen and oxygen atoms in total. The highest BCUT2D eigenvalue weighted by atomic mass is 127. The Morgan fingerprint density at radius 3 is 2.61 bits per heavy atom. The predicted octanol–water partition coefficient (Wildman–Crippen LogP) is 3.37. The van der Waals surface area contributed by atoms with Gasteiger partial charge in [-0.05, 0) is 62.7 Å². The molecule has 1 aliphatic rings. The largest absolute Gasteiger partial charge is 0.468 e. The van der Waals surface area contributed by atoms with Crippen molar-refractivity contribution in [3.8, 4) is 5.69 Å². The maximum Gasteiger partial charge on any atom is 0.191 e. The second kappa shape index (κ2) is 11.8. The van der Waals surface area contributed by atoms with Crippen molar-refractivity contribution in [2.24, 2.45) is 4.99 Å². The summed E-state index contributed by atoms with van der Waals surface area (Å²) in [5.74, 6) is 1.82. The monoisotopic (exact) mass is 535 g/mol. The highest BCUT2D eigenvalue weighted by Crippen LogP contribution is 2.24. The normalized spacial score (nSPS) is 15.5.